The average Bonchev–Trinajstić information content (AvgIpc) is 3.25. The second-order valence-corrected chi connectivity index (χ2v) is 8.88. The smallest absolute Gasteiger partial charge is 0.282 e. The Bertz CT molecular complexity index is 1720. The molecule has 3 aromatic heterocycles. The number of thiophene rings is 1. The number of halogens is 2. The number of hydrogen-bond acceptors (Lipinski definition) is 6. The van der Waals surface area contributed by atoms with Gasteiger partial charge in [-0.2, -0.15) is 15.5 Å². The van der Waals surface area contributed by atoms with Gasteiger partial charge in [0.05, 0.1) is 5.39 Å². The number of pyridine rings is 1. The maximum absolute atomic E-state index is 13.2. The summed E-state index contributed by atoms with van der Waals surface area (Å²) in [6.45, 7) is 0. The molecular weight excluding hydrogens is 477 g/mol. The molecule has 0 aliphatic carbocycles. The van der Waals surface area contributed by atoms with Crippen LogP contribution in [-0.2, 0) is 0 Å². The Hall–Kier alpha value is -3.88. The van der Waals surface area contributed by atoms with Crippen molar-refractivity contribution in [3.8, 4) is 34.4 Å². The lowest BCUT2D eigenvalue weighted by atomic mass is 9.96. The summed E-state index contributed by atoms with van der Waals surface area (Å²) in [7, 11) is 0. The van der Waals surface area contributed by atoms with Crippen molar-refractivity contribution >= 4 is 56.2 Å². The van der Waals surface area contributed by atoms with E-state index >= 15 is 0 Å². The van der Waals surface area contributed by atoms with Gasteiger partial charge in [0.15, 0.2) is 5.65 Å². The van der Waals surface area contributed by atoms with Crippen LogP contribution in [-0.4, -0.2) is 9.38 Å². The molecule has 9 heteroatoms. The molecule has 0 aliphatic rings. The van der Waals surface area contributed by atoms with Gasteiger partial charge in [0.25, 0.3) is 5.56 Å². The highest BCUT2D eigenvalue weighted by Crippen LogP contribution is 2.38. The first-order valence-electron chi connectivity index (χ1n) is 9.56. The van der Waals surface area contributed by atoms with E-state index < -0.39 is 5.56 Å². The van der Waals surface area contributed by atoms with E-state index in [9.17, 15) is 15.3 Å². The van der Waals surface area contributed by atoms with E-state index in [1.807, 2.05) is 17.5 Å². The second-order valence-electron chi connectivity index (χ2n) is 7.15. The molecule has 5 rings (SSSR count). The zero-order valence-electron chi connectivity index (χ0n) is 16.6. The van der Waals surface area contributed by atoms with Gasteiger partial charge in [-0.05, 0) is 35.4 Å². The highest BCUT2D eigenvalue weighted by Gasteiger charge is 2.24. The molecule has 0 unspecified atom stereocenters. The number of nitriles is 2. The third-order valence-electron chi connectivity index (χ3n) is 5.34. The molecule has 0 spiro atoms. The number of aromatic nitrogens is 2. The van der Waals surface area contributed by atoms with Crippen molar-refractivity contribution in [2.24, 2.45) is 0 Å². The number of nitrogens with zero attached hydrogens (tertiary/aromatic N) is 4. The van der Waals surface area contributed by atoms with Crippen molar-refractivity contribution in [3.05, 3.63) is 85.4 Å². The molecule has 0 fully saturated rings. The van der Waals surface area contributed by atoms with Crippen molar-refractivity contribution in [3.63, 3.8) is 0 Å². The van der Waals surface area contributed by atoms with Gasteiger partial charge >= 0.3 is 0 Å². The predicted molar refractivity (Wildman–Crippen MR) is 132 cm³/mol. The molecule has 3 heterocycles. The normalized spacial score (nSPS) is 10.9. The van der Waals surface area contributed by atoms with Crippen LogP contribution in [0.25, 0.3) is 38.1 Å². The molecule has 6 nitrogen and oxygen atoms in total. The van der Waals surface area contributed by atoms with E-state index in [-0.39, 0.29) is 22.6 Å². The van der Waals surface area contributed by atoms with E-state index in [0.717, 1.165) is 5.56 Å². The summed E-state index contributed by atoms with van der Waals surface area (Å²) in [5.41, 5.74) is 8.63. The zero-order chi connectivity index (χ0) is 23.3. The standard InChI is InChI=1S/C24H11Cl2N5OS/c25-14-5-1-12(2-6-14)18-11-33-24-20(18)23(32)30-22-17(10-28)19(13-3-7-15(26)8-4-13)16(9-27)21(29)31(22)24/h1-8,11H,29H2. The van der Waals surface area contributed by atoms with Crippen LogP contribution < -0.4 is 11.3 Å². The predicted octanol–water partition coefficient (Wildman–Crippen LogP) is 5.88. The van der Waals surface area contributed by atoms with Crippen molar-refractivity contribution in [2.45, 2.75) is 0 Å². The third-order valence-corrected chi connectivity index (χ3v) is 6.81. The number of nitrogens with two attached hydrogens (primary N) is 1. The Morgan fingerprint density at radius 3 is 2.06 bits per heavy atom. The molecule has 2 aromatic carbocycles. The van der Waals surface area contributed by atoms with Gasteiger partial charge in [-0.3, -0.25) is 9.20 Å². The molecule has 0 amide bonds. The average molecular weight is 488 g/mol. The first-order valence-corrected chi connectivity index (χ1v) is 11.2. The molecule has 2 N–H and O–H groups in total. The molecule has 0 bridgehead atoms. The number of rotatable bonds is 2. The first kappa shape index (κ1) is 21.0. The van der Waals surface area contributed by atoms with E-state index in [2.05, 4.69) is 17.1 Å². The van der Waals surface area contributed by atoms with Gasteiger partial charge in [0.1, 0.15) is 33.9 Å². The molecule has 5 aromatic rings. The van der Waals surface area contributed by atoms with Crippen LogP contribution in [0.3, 0.4) is 0 Å². The molecule has 0 radical (unpaired) electrons. The summed E-state index contributed by atoms with van der Waals surface area (Å²) in [5, 5.41) is 23.3. The number of nitrogen functional groups attached to an aromatic ring is 1. The Kier molecular flexibility index (Phi) is 5.03. The largest absolute Gasteiger partial charge is 0.384 e. The van der Waals surface area contributed by atoms with E-state index in [0.29, 0.717) is 37.0 Å². The fourth-order valence-electron chi connectivity index (χ4n) is 3.85. The first-order chi connectivity index (χ1) is 15.9. The maximum Gasteiger partial charge on any atom is 0.282 e. The molecule has 33 heavy (non-hydrogen) atoms. The van der Waals surface area contributed by atoms with Gasteiger partial charge in [0.2, 0.25) is 0 Å². The third kappa shape index (κ3) is 3.23. The van der Waals surface area contributed by atoms with Crippen LogP contribution >= 0.6 is 34.5 Å². The monoisotopic (exact) mass is 487 g/mol. The summed E-state index contributed by atoms with van der Waals surface area (Å²) in [6, 6.07) is 18.0. The number of anilines is 1. The fourth-order valence-corrected chi connectivity index (χ4v) is 5.19. The van der Waals surface area contributed by atoms with Crippen LogP contribution in [0.2, 0.25) is 10.0 Å². The summed E-state index contributed by atoms with van der Waals surface area (Å²) in [4.78, 5) is 17.9. The van der Waals surface area contributed by atoms with Crippen LogP contribution in [0, 0.1) is 22.7 Å². The quantitative estimate of drug-likeness (QED) is 0.334. The van der Waals surface area contributed by atoms with E-state index in [4.69, 9.17) is 28.9 Å². The lowest BCUT2D eigenvalue weighted by molar-refractivity contribution is 1.14. The Morgan fingerprint density at radius 2 is 1.48 bits per heavy atom. The molecule has 158 valence electrons. The fraction of sp³-hybridized carbons (Fsp3) is 0. The van der Waals surface area contributed by atoms with Crippen molar-refractivity contribution < 1.29 is 0 Å². The Labute approximate surface area is 201 Å². The van der Waals surface area contributed by atoms with Gasteiger partial charge < -0.3 is 5.73 Å². The Morgan fingerprint density at radius 1 is 0.909 bits per heavy atom. The van der Waals surface area contributed by atoms with Crippen LogP contribution in [0.5, 0.6) is 0 Å². The van der Waals surface area contributed by atoms with Crippen molar-refractivity contribution in [1.29, 1.82) is 10.5 Å². The van der Waals surface area contributed by atoms with Crippen LogP contribution in [0.1, 0.15) is 11.1 Å². The summed E-state index contributed by atoms with van der Waals surface area (Å²) >= 11 is 13.3. The maximum atomic E-state index is 13.2. The molecule has 0 saturated heterocycles. The zero-order valence-corrected chi connectivity index (χ0v) is 19.0. The lowest BCUT2D eigenvalue weighted by Gasteiger charge is -2.15. The molecule has 0 atom stereocenters. The highest BCUT2D eigenvalue weighted by atomic mass is 35.5. The SMILES string of the molecule is N#Cc1c(-c2ccc(Cl)cc2)c(C#N)c2nc(=O)c3c(-c4ccc(Cl)cc4)csc3n2c1N. The van der Waals surface area contributed by atoms with Gasteiger partial charge in [-0.15, -0.1) is 11.3 Å². The number of benzene rings is 2. The summed E-state index contributed by atoms with van der Waals surface area (Å²) in [5.74, 6) is 0.0958. The van der Waals surface area contributed by atoms with Crippen molar-refractivity contribution in [1.82, 2.24) is 9.38 Å². The molecular formula is C24H11Cl2N5OS. The molecule has 0 aliphatic heterocycles. The van der Waals surface area contributed by atoms with Crippen molar-refractivity contribution in [2.75, 3.05) is 5.73 Å². The van der Waals surface area contributed by atoms with Gasteiger partial charge in [-0.1, -0.05) is 47.5 Å². The Balaban J connectivity index is 1.93. The number of hydrogen-bond donors (Lipinski definition) is 1. The lowest BCUT2D eigenvalue weighted by Crippen LogP contribution is -2.15. The number of fused-ring (bicyclic) bond motifs is 3. The van der Waals surface area contributed by atoms with Gasteiger partial charge in [-0.25, -0.2) is 0 Å². The minimum absolute atomic E-state index is 0.0866. The highest BCUT2D eigenvalue weighted by molar-refractivity contribution is 7.17. The summed E-state index contributed by atoms with van der Waals surface area (Å²) < 4.78 is 1.51. The minimum atomic E-state index is -0.487. The molecule has 0 saturated carbocycles. The van der Waals surface area contributed by atoms with Crippen LogP contribution in [0.4, 0.5) is 5.82 Å². The van der Waals surface area contributed by atoms with E-state index in [1.54, 1.807) is 36.4 Å². The van der Waals surface area contributed by atoms with Crippen LogP contribution in [0.15, 0.2) is 58.7 Å². The second kappa shape index (κ2) is 7.91. The van der Waals surface area contributed by atoms with E-state index in [1.165, 1.54) is 15.7 Å². The topological polar surface area (TPSA) is 108 Å². The minimum Gasteiger partial charge on any atom is -0.384 e. The summed E-state index contributed by atoms with van der Waals surface area (Å²) in [6.07, 6.45) is 0. The van der Waals surface area contributed by atoms with Gasteiger partial charge in [0, 0.05) is 26.6 Å².